The van der Waals surface area contributed by atoms with Crippen LogP contribution in [0.2, 0.25) is 10.0 Å². The number of rotatable bonds is 2. The fourth-order valence-corrected chi connectivity index (χ4v) is 3.84. The van der Waals surface area contributed by atoms with E-state index in [1.165, 1.54) is 11.3 Å². The number of benzene rings is 1. The molecule has 1 N–H and O–H groups in total. The van der Waals surface area contributed by atoms with Crippen molar-refractivity contribution in [1.29, 1.82) is 0 Å². The lowest BCUT2D eigenvalue weighted by Crippen LogP contribution is -2.28. The topological polar surface area (TPSA) is 55.6 Å². The van der Waals surface area contributed by atoms with Crippen LogP contribution in [0.4, 0.5) is 0 Å². The highest BCUT2D eigenvalue weighted by atomic mass is 35.5. The van der Waals surface area contributed by atoms with Crippen molar-refractivity contribution >= 4 is 46.9 Å². The van der Waals surface area contributed by atoms with Crippen molar-refractivity contribution in [3.05, 3.63) is 39.4 Å². The second kappa shape index (κ2) is 6.75. The summed E-state index contributed by atoms with van der Waals surface area (Å²) in [6.45, 7) is 2.51. The minimum absolute atomic E-state index is 0. The van der Waals surface area contributed by atoms with Crippen molar-refractivity contribution in [2.24, 2.45) is 0 Å². The molecule has 5 nitrogen and oxygen atoms in total. The van der Waals surface area contributed by atoms with Crippen LogP contribution < -0.4 is 5.32 Å². The molecule has 0 radical (unpaired) electrons. The highest BCUT2D eigenvalue weighted by molar-refractivity contribution is 7.13. The van der Waals surface area contributed by atoms with Crippen LogP contribution in [-0.2, 0) is 13.1 Å². The minimum atomic E-state index is 0. The quantitative estimate of drug-likeness (QED) is 0.723. The molecule has 0 fully saturated rings. The van der Waals surface area contributed by atoms with Crippen molar-refractivity contribution in [2.75, 3.05) is 6.54 Å². The molecule has 2 aromatic heterocycles. The molecule has 120 valence electrons. The van der Waals surface area contributed by atoms with E-state index in [1.54, 1.807) is 6.07 Å². The lowest BCUT2D eigenvalue weighted by Gasteiger charge is -2.15. The van der Waals surface area contributed by atoms with Crippen LogP contribution in [-0.4, -0.2) is 26.3 Å². The molecular weight excluding hydrogens is 377 g/mol. The van der Waals surface area contributed by atoms with Gasteiger partial charge in [-0.25, -0.2) is 4.98 Å². The number of thiazole rings is 1. The van der Waals surface area contributed by atoms with E-state index in [-0.39, 0.29) is 12.4 Å². The molecule has 9 heteroatoms. The molecule has 0 aliphatic carbocycles. The molecule has 0 atom stereocenters. The number of nitrogens with one attached hydrogen (secondary N) is 1. The van der Waals surface area contributed by atoms with Gasteiger partial charge in [-0.15, -0.1) is 33.9 Å². The van der Waals surface area contributed by atoms with E-state index in [4.69, 9.17) is 23.2 Å². The number of hydrogen-bond donors (Lipinski definition) is 1. The molecule has 4 rings (SSSR count). The molecule has 0 unspecified atom stereocenters. The third-order valence-electron chi connectivity index (χ3n) is 3.52. The van der Waals surface area contributed by atoms with Gasteiger partial charge in [-0.1, -0.05) is 23.2 Å². The predicted molar refractivity (Wildman–Crippen MR) is 95.5 cm³/mol. The fraction of sp³-hybridized carbons (Fsp3) is 0.214. The van der Waals surface area contributed by atoms with Crippen LogP contribution in [0, 0.1) is 0 Å². The summed E-state index contributed by atoms with van der Waals surface area (Å²) >= 11 is 13.7. The number of fused-ring (bicyclic) bond motifs is 1. The molecule has 3 heterocycles. The Bertz CT molecular complexity index is 845. The predicted octanol–water partition coefficient (Wildman–Crippen LogP) is 3.90. The smallest absolute Gasteiger partial charge is 0.183 e. The molecule has 0 saturated heterocycles. The Balaban J connectivity index is 0.00000156. The first-order valence-corrected chi connectivity index (χ1v) is 8.40. The van der Waals surface area contributed by atoms with Crippen molar-refractivity contribution in [3.8, 4) is 22.1 Å². The zero-order valence-corrected chi connectivity index (χ0v) is 14.9. The first kappa shape index (κ1) is 16.7. The fourth-order valence-electron chi connectivity index (χ4n) is 2.44. The van der Waals surface area contributed by atoms with Crippen LogP contribution >= 0.6 is 46.9 Å². The average molecular weight is 389 g/mol. The largest absolute Gasteiger partial charge is 0.308 e. The lowest BCUT2D eigenvalue weighted by molar-refractivity contribution is 0.508. The van der Waals surface area contributed by atoms with Gasteiger partial charge in [0, 0.05) is 29.1 Å². The van der Waals surface area contributed by atoms with Crippen LogP contribution in [0.25, 0.3) is 22.1 Å². The van der Waals surface area contributed by atoms with Gasteiger partial charge in [-0.05, 0) is 18.2 Å². The van der Waals surface area contributed by atoms with Gasteiger partial charge in [-0.2, -0.15) is 0 Å². The average Bonchev–Trinajstić information content (AvgIpc) is 3.13. The zero-order chi connectivity index (χ0) is 15.1. The van der Waals surface area contributed by atoms with Gasteiger partial charge in [0.25, 0.3) is 0 Å². The van der Waals surface area contributed by atoms with Crippen LogP contribution in [0.5, 0.6) is 0 Å². The zero-order valence-electron chi connectivity index (χ0n) is 11.8. The molecule has 1 aliphatic heterocycles. The summed E-state index contributed by atoms with van der Waals surface area (Å²) in [5.74, 6) is 1.75. The summed E-state index contributed by atoms with van der Waals surface area (Å²) in [6.07, 6.45) is 0. The first-order valence-electron chi connectivity index (χ1n) is 6.76. The van der Waals surface area contributed by atoms with E-state index in [1.807, 2.05) is 17.5 Å². The summed E-state index contributed by atoms with van der Waals surface area (Å²) in [6, 6.07) is 5.43. The van der Waals surface area contributed by atoms with Gasteiger partial charge >= 0.3 is 0 Å². The molecule has 0 spiro atoms. The molecule has 0 bridgehead atoms. The van der Waals surface area contributed by atoms with Crippen molar-refractivity contribution < 1.29 is 0 Å². The Hall–Kier alpha value is -1.18. The Kier molecular flexibility index (Phi) is 4.89. The molecule has 23 heavy (non-hydrogen) atoms. The van der Waals surface area contributed by atoms with E-state index in [0.717, 1.165) is 47.5 Å². The van der Waals surface area contributed by atoms with Crippen LogP contribution in [0.3, 0.4) is 0 Å². The summed E-state index contributed by atoms with van der Waals surface area (Å²) in [5, 5.41) is 15.8. The Morgan fingerprint density at radius 3 is 2.91 bits per heavy atom. The van der Waals surface area contributed by atoms with Gasteiger partial charge in [0.1, 0.15) is 16.5 Å². The molecule has 0 amide bonds. The lowest BCUT2D eigenvalue weighted by atomic mass is 10.2. The normalized spacial score (nSPS) is 13.5. The monoisotopic (exact) mass is 387 g/mol. The maximum atomic E-state index is 6.25. The Morgan fingerprint density at radius 1 is 1.22 bits per heavy atom. The first-order chi connectivity index (χ1) is 10.7. The maximum Gasteiger partial charge on any atom is 0.183 e. The Morgan fingerprint density at radius 2 is 2.09 bits per heavy atom. The van der Waals surface area contributed by atoms with E-state index in [2.05, 4.69) is 25.1 Å². The van der Waals surface area contributed by atoms with Gasteiger partial charge in [-0.3, -0.25) is 0 Å². The molecular formula is C14H12Cl3N5S. The minimum Gasteiger partial charge on any atom is -0.308 e. The highest BCUT2D eigenvalue weighted by Crippen LogP contribution is 2.34. The summed E-state index contributed by atoms with van der Waals surface area (Å²) in [4.78, 5) is 4.67. The SMILES string of the molecule is Cl.Clc1ccc(-c2nc(-c3nnc4n3CCNC4)cs2)c(Cl)c1. The molecule has 0 saturated carbocycles. The summed E-state index contributed by atoms with van der Waals surface area (Å²) in [7, 11) is 0. The third-order valence-corrected chi connectivity index (χ3v) is 4.94. The van der Waals surface area contributed by atoms with Gasteiger partial charge in [0.15, 0.2) is 5.82 Å². The molecule has 3 aromatic rings. The van der Waals surface area contributed by atoms with Crippen LogP contribution in [0.15, 0.2) is 23.6 Å². The summed E-state index contributed by atoms with van der Waals surface area (Å²) in [5.41, 5.74) is 1.70. The van der Waals surface area contributed by atoms with Crippen molar-refractivity contribution in [3.63, 3.8) is 0 Å². The van der Waals surface area contributed by atoms with Crippen LogP contribution in [0.1, 0.15) is 5.82 Å². The standard InChI is InChI=1S/C14H11Cl2N5S.ClH/c15-8-1-2-9(10(16)5-8)14-18-11(7-22-14)13-20-19-12-6-17-3-4-21(12)13;/h1-2,5,7,17H,3-4,6H2;1H. The van der Waals surface area contributed by atoms with E-state index in [9.17, 15) is 0 Å². The number of aromatic nitrogens is 4. The Labute approximate surface area is 153 Å². The van der Waals surface area contributed by atoms with E-state index in [0.29, 0.717) is 10.0 Å². The van der Waals surface area contributed by atoms with E-state index < -0.39 is 0 Å². The van der Waals surface area contributed by atoms with E-state index >= 15 is 0 Å². The van der Waals surface area contributed by atoms with Crippen molar-refractivity contribution in [2.45, 2.75) is 13.1 Å². The second-order valence-electron chi connectivity index (χ2n) is 4.93. The third kappa shape index (κ3) is 3.09. The van der Waals surface area contributed by atoms with Gasteiger partial charge in [0.05, 0.1) is 11.6 Å². The highest BCUT2D eigenvalue weighted by Gasteiger charge is 2.19. The number of halogens is 3. The van der Waals surface area contributed by atoms with Crippen molar-refractivity contribution in [1.82, 2.24) is 25.1 Å². The molecule has 1 aromatic carbocycles. The number of nitrogens with zero attached hydrogens (tertiary/aromatic N) is 4. The van der Waals surface area contributed by atoms with Gasteiger partial charge in [0.2, 0.25) is 0 Å². The second-order valence-corrected chi connectivity index (χ2v) is 6.63. The molecule has 1 aliphatic rings. The van der Waals surface area contributed by atoms with Gasteiger partial charge < -0.3 is 9.88 Å². The maximum absolute atomic E-state index is 6.25. The number of hydrogen-bond acceptors (Lipinski definition) is 5. The summed E-state index contributed by atoms with van der Waals surface area (Å²) < 4.78 is 2.11.